The molecule has 0 unspecified atom stereocenters. The molecule has 0 spiro atoms. The minimum Gasteiger partial charge on any atom is -0.321 e. The van der Waals surface area contributed by atoms with Crippen LogP contribution in [0.3, 0.4) is 0 Å². The summed E-state index contributed by atoms with van der Waals surface area (Å²) in [6.07, 6.45) is 1.66. The van der Waals surface area contributed by atoms with Crippen molar-refractivity contribution in [3.63, 3.8) is 0 Å². The Labute approximate surface area is 149 Å². The highest BCUT2D eigenvalue weighted by atomic mass is 15.3. The van der Waals surface area contributed by atoms with Crippen LogP contribution in [-0.2, 0) is 13.0 Å². The largest absolute Gasteiger partial charge is 0.321 e. The van der Waals surface area contributed by atoms with Crippen molar-refractivity contribution in [2.45, 2.75) is 39.3 Å². The van der Waals surface area contributed by atoms with E-state index in [0.717, 1.165) is 31.0 Å². The van der Waals surface area contributed by atoms with Gasteiger partial charge in [0.05, 0.1) is 12.6 Å². The Hall–Kier alpha value is -2.46. The molecule has 0 saturated heterocycles. The lowest BCUT2D eigenvalue weighted by molar-refractivity contribution is 0.476. The van der Waals surface area contributed by atoms with E-state index >= 15 is 0 Å². The van der Waals surface area contributed by atoms with Gasteiger partial charge in [0.25, 0.3) is 0 Å². The van der Waals surface area contributed by atoms with Crippen LogP contribution in [0.15, 0.2) is 60.7 Å². The van der Waals surface area contributed by atoms with Crippen LogP contribution in [0.2, 0.25) is 0 Å². The van der Waals surface area contributed by atoms with E-state index in [1.54, 1.807) is 0 Å². The molecule has 0 radical (unpaired) electrons. The molecule has 4 nitrogen and oxygen atoms in total. The first-order valence-corrected chi connectivity index (χ1v) is 8.89. The average Bonchev–Trinajstić information content (AvgIpc) is 2.99. The monoisotopic (exact) mass is 334 g/mol. The maximum Gasteiger partial charge on any atom is 0.150 e. The molecule has 1 aromatic heterocycles. The summed E-state index contributed by atoms with van der Waals surface area (Å²) in [6.45, 7) is 5.11. The fourth-order valence-electron chi connectivity index (χ4n) is 3.08. The molecule has 0 bridgehead atoms. The van der Waals surface area contributed by atoms with Crippen LogP contribution in [-0.4, -0.2) is 14.8 Å². The molecule has 25 heavy (non-hydrogen) atoms. The summed E-state index contributed by atoms with van der Waals surface area (Å²) in [5, 5.41) is 8.92. The molecule has 0 aliphatic rings. The van der Waals surface area contributed by atoms with Gasteiger partial charge in [0.2, 0.25) is 0 Å². The maximum atomic E-state index is 6.43. The zero-order valence-electron chi connectivity index (χ0n) is 15.0. The van der Waals surface area contributed by atoms with Gasteiger partial charge in [-0.2, -0.15) is 0 Å². The third-order valence-electron chi connectivity index (χ3n) is 4.30. The summed E-state index contributed by atoms with van der Waals surface area (Å²) in [7, 11) is 0. The predicted octanol–water partition coefficient (Wildman–Crippen LogP) is 3.96. The van der Waals surface area contributed by atoms with Crippen molar-refractivity contribution in [1.29, 1.82) is 0 Å². The van der Waals surface area contributed by atoms with Crippen LogP contribution >= 0.6 is 0 Å². The molecule has 4 heteroatoms. The number of hydrogen-bond donors (Lipinski definition) is 1. The van der Waals surface area contributed by atoms with E-state index < -0.39 is 0 Å². The summed E-state index contributed by atoms with van der Waals surface area (Å²) in [5.74, 6) is 2.36. The third-order valence-corrected chi connectivity index (χ3v) is 4.30. The fourth-order valence-corrected chi connectivity index (χ4v) is 3.08. The van der Waals surface area contributed by atoms with E-state index in [0.29, 0.717) is 5.92 Å². The zero-order valence-corrected chi connectivity index (χ0v) is 15.0. The molecule has 0 saturated carbocycles. The van der Waals surface area contributed by atoms with E-state index in [1.165, 1.54) is 11.1 Å². The Bertz CT molecular complexity index is 778. The van der Waals surface area contributed by atoms with Gasteiger partial charge in [-0.15, -0.1) is 10.2 Å². The second-order valence-electron chi connectivity index (χ2n) is 6.94. The number of rotatable bonds is 7. The van der Waals surface area contributed by atoms with Crippen molar-refractivity contribution in [2.24, 2.45) is 11.7 Å². The van der Waals surface area contributed by atoms with Crippen molar-refractivity contribution < 1.29 is 0 Å². The normalized spacial score (nSPS) is 12.5. The van der Waals surface area contributed by atoms with Crippen molar-refractivity contribution in [3.05, 3.63) is 83.4 Å². The zero-order chi connectivity index (χ0) is 17.6. The Morgan fingerprint density at radius 3 is 2.08 bits per heavy atom. The van der Waals surface area contributed by atoms with E-state index in [2.05, 4.69) is 77.1 Å². The van der Waals surface area contributed by atoms with Gasteiger partial charge in [-0.3, -0.25) is 0 Å². The van der Waals surface area contributed by atoms with Gasteiger partial charge in [0.1, 0.15) is 11.6 Å². The molecular weight excluding hydrogens is 308 g/mol. The quantitative estimate of drug-likeness (QED) is 0.711. The lowest BCUT2D eigenvalue weighted by Gasteiger charge is -2.16. The third kappa shape index (κ3) is 4.54. The van der Waals surface area contributed by atoms with Gasteiger partial charge < -0.3 is 10.3 Å². The minimum absolute atomic E-state index is 0.0965. The van der Waals surface area contributed by atoms with Crippen LogP contribution < -0.4 is 5.73 Å². The van der Waals surface area contributed by atoms with E-state index in [1.807, 2.05) is 12.1 Å². The SMILES string of the molecule is CC(C)C[C@H](N)c1nnc(Cc2ccccc2)n1Cc1ccccc1. The lowest BCUT2D eigenvalue weighted by atomic mass is 10.0. The Kier molecular flexibility index (Phi) is 5.61. The molecule has 0 fully saturated rings. The van der Waals surface area contributed by atoms with Crippen LogP contribution in [0.1, 0.15) is 49.1 Å². The Morgan fingerprint density at radius 2 is 1.48 bits per heavy atom. The van der Waals surface area contributed by atoms with Crippen LogP contribution in [0.25, 0.3) is 0 Å². The molecule has 1 atom stereocenters. The number of benzene rings is 2. The van der Waals surface area contributed by atoms with E-state index in [9.17, 15) is 0 Å². The summed E-state index contributed by atoms with van der Waals surface area (Å²) in [6, 6.07) is 20.7. The first-order chi connectivity index (χ1) is 12.1. The van der Waals surface area contributed by atoms with Gasteiger partial charge in [-0.05, 0) is 23.5 Å². The van der Waals surface area contributed by atoms with Gasteiger partial charge in [-0.1, -0.05) is 74.5 Å². The Morgan fingerprint density at radius 1 is 0.880 bits per heavy atom. The van der Waals surface area contributed by atoms with E-state index in [-0.39, 0.29) is 6.04 Å². The number of aromatic nitrogens is 3. The highest BCUT2D eigenvalue weighted by Gasteiger charge is 2.19. The first kappa shape index (κ1) is 17.4. The molecule has 0 aliphatic heterocycles. The molecule has 0 amide bonds. The molecule has 3 rings (SSSR count). The standard InChI is InChI=1S/C21H26N4/c1-16(2)13-19(22)21-24-23-20(14-17-9-5-3-6-10-17)25(21)15-18-11-7-4-8-12-18/h3-12,16,19H,13-15,22H2,1-2H3/t19-/m0/s1. The van der Waals surface area contributed by atoms with Gasteiger partial charge in [0, 0.05) is 6.42 Å². The molecule has 3 aromatic rings. The topological polar surface area (TPSA) is 56.7 Å². The highest BCUT2D eigenvalue weighted by molar-refractivity contribution is 5.21. The maximum absolute atomic E-state index is 6.43. The fraction of sp³-hybridized carbons (Fsp3) is 0.333. The Balaban J connectivity index is 1.92. The number of nitrogens with two attached hydrogens (primary N) is 1. The van der Waals surface area contributed by atoms with Gasteiger partial charge >= 0.3 is 0 Å². The predicted molar refractivity (Wildman–Crippen MR) is 101 cm³/mol. The smallest absolute Gasteiger partial charge is 0.150 e. The second-order valence-corrected chi connectivity index (χ2v) is 6.94. The summed E-state index contributed by atoms with van der Waals surface area (Å²) in [5.41, 5.74) is 8.89. The van der Waals surface area contributed by atoms with E-state index in [4.69, 9.17) is 5.73 Å². The molecule has 0 aliphatic carbocycles. The molecule has 1 heterocycles. The molecule has 130 valence electrons. The van der Waals surface area contributed by atoms with Crippen molar-refractivity contribution >= 4 is 0 Å². The van der Waals surface area contributed by atoms with Gasteiger partial charge in [-0.25, -0.2) is 0 Å². The van der Waals surface area contributed by atoms with Crippen LogP contribution in [0, 0.1) is 5.92 Å². The first-order valence-electron chi connectivity index (χ1n) is 8.89. The molecule has 2 N–H and O–H groups in total. The van der Waals surface area contributed by atoms with Crippen molar-refractivity contribution in [2.75, 3.05) is 0 Å². The van der Waals surface area contributed by atoms with Gasteiger partial charge in [0.15, 0.2) is 0 Å². The number of hydrogen-bond acceptors (Lipinski definition) is 3. The highest BCUT2D eigenvalue weighted by Crippen LogP contribution is 2.20. The van der Waals surface area contributed by atoms with Crippen LogP contribution in [0.5, 0.6) is 0 Å². The van der Waals surface area contributed by atoms with Crippen LogP contribution in [0.4, 0.5) is 0 Å². The summed E-state index contributed by atoms with van der Waals surface area (Å²) < 4.78 is 2.19. The minimum atomic E-state index is -0.0965. The average molecular weight is 334 g/mol. The molecule has 2 aromatic carbocycles. The lowest BCUT2D eigenvalue weighted by Crippen LogP contribution is -2.20. The summed E-state index contributed by atoms with van der Waals surface area (Å²) >= 11 is 0. The summed E-state index contributed by atoms with van der Waals surface area (Å²) in [4.78, 5) is 0. The second kappa shape index (κ2) is 8.08. The van der Waals surface area contributed by atoms with Crippen molar-refractivity contribution in [3.8, 4) is 0 Å². The number of nitrogens with zero attached hydrogens (tertiary/aromatic N) is 3. The molecular formula is C21H26N4. The van der Waals surface area contributed by atoms with Crippen molar-refractivity contribution in [1.82, 2.24) is 14.8 Å².